The van der Waals surface area contributed by atoms with E-state index >= 15 is 0 Å². The van der Waals surface area contributed by atoms with Crippen molar-refractivity contribution in [2.24, 2.45) is 29.1 Å². The van der Waals surface area contributed by atoms with Gasteiger partial charge >= 0.3 is 17.9 Å². The van der Waals surface area contributed by atoms with E-state index in [2.05, 4.69) is 0 Å². The van der Waals surface area contributed by atoms with Crippen molar-refractivity contribution in [1.82, 2.24) is 0 Å². The third kappa shape index (κ3) is 4.13. The van der Waals surface area contributed by atoms with E-state index < -0.39 is 70.8 Å². The van der Waals surface area contributed by atoms with Gasteiger partial charge in [-0.3, -0.25) is 14.4 Å². The van der Waals surface area contributed by atoms with Crippen molar-refractivity contribution < 1.29 is 43.2 Å². The van der Waals surface area contributed by atoms with E-state index in [1.54, 1.807) is 39.8 Å². The summed E-state index contributed by atoms with van der Waals surface area (Å²) in [6, 6.07) is 0. The number of aliphatic hydroxyl groups is 1. The molecule has 0 aromatic carbocycles. The van der Waals surface area contributed by atoms with E-state index in [4.69, 9.17) is 18.9 Å². The van der Waals surface area contributed by atoms with Crippen molar-refractivity contribution in [3.63, 3.8) is 0 Å². The molecule has 4 aliphatic rings. The molecule has 1 saturated heterocycles. The van der Waals surface area contributed by atoms with Crippen LogP contribution >= 0.6 is 0 Å². The number of hydrogen-bond donors (Lipinski definition) is 1. The van der Waals surface area contributed by atoms with Crippen LogP contribution in [0.2, 0.25) is 0 Å². The maximum absolute atomic E-state index is 14.2. The summed E-state index contributed by atoms with van der Waals surface area (Å²) in [5, 5.41) is 11.7. The molecule has 0 spiro atoms. The summed E-state index contributed by atoms with van der Waals surface area (Å²) in [6.07, 6.45) is -0.128. The number of rotatable bonds is 4. The Morgan fingerprint density at radius 2 is 1.66 bits per heavy atom. The Bertz CT molecular complexity index is 1120. The van der Waals surface area contributed by atoms with E-state index in [9.17, 15) is 24.3 Å². The van der Waals surface area contributed by atoms with Gasteiger partial charge in [-0.1, -0.05) is 33.8 Å². The van der Waals surface area contributed by atoms with Crippen molar-refractivity contribution in [2.75, 3.05) is 0 Å². The fraction of sp³-hybridized carbons (Fsp3) is 0.724. The minimum Gasteiger partial charge on any atom is -0.461 e. The minimum absolute atomic E-state index is 0.204. The van der Waals surface area contributed by atoms with Crippen molar-refractivity contribution >= 4 is 23.7 Å². The summed E-state index contributed by atoms with van der Waals surface area (Å²) >= 11 is 0. The highest BCUT2D eigenvalue weighted by atomic mass is 16.7. The second-order valence-corrected chi connectivity index (χ2v) is 12.2. The number of ether oxygens (including phenoxy) is 4. The molecule has 0 unspecified atom stereocenters. The zero-order valence-electron chi connectivity index (χ0n) is 23.7. The van der Waals surface area contributed by atoms with Crippen molar-refractivity contribution in [3.05, 3.63) is 23.3 Å². The van der Waals surface area contributed by atoms with E-state index in [1.165, 1.54) is 13.8 Å². The molecule has 3 aliphatic carbocycles. The van der Waals surface area contributed by atoms with Gasteiger partial charge in [0.05, 0.1) is 12.0 Å². The Morgan fingerprint density at radius 3 is 2.21 bits per heavy atom. The molecule has 1 aliphatic heterocycles. The topological polar surface area (TPSA) is 129 Å². The predicted octanol–water partition coefficient (Wildman–Crippen LogP) is 3.07. The number of esters is 3. The third-order valence-corrected chi connectivity index (χ3v) is 9.29. The van der Waals surface area contributed by atoms with Gasteiger partial charge in [0.2, 0.25) is 0 Å². The molecule has 9 heteroatoms. The van der Waals surface area contributed by atoms with Crippen molar-refractivity contribution in [2.45, 2.75) is 104 Å². The molecule has 3 fully saturated rings. The van der Waals surface area contributed by atoms with Crippen LogP contribution in [0, 0.1) is 29.1 Å². The first-order valence-electron chi connectivity index (χ1n) is 13.4. The zero-order valence-corrected chi connectivity index (χ0v) is 23.7. The molecule has 210 valence electrons. The van der Waals surface area contributed by atoms with Crippen LogP contribution in [0.1, 0.15) is 68.7 Å². The summed E-state index contributed by atoms with van der Waals surface area (Å²) in [6.45, 7) is 15.2. The number of allylic oxidation sites excluding steroid dienone is 1. The molecule has 38 heavy (non-hydrogen) atoms. The fourth-order valence-electron chi connectivity index (χ4n) is 7.25. The molecule has 2 saturated carbocycles. The van der Waals surface area contributed by atoms with Crippen LogP contribution in [-0.2, 0) is 38.1 Å². The van der Waals surface area contributed by atoms with Gasteiger partial charge in [-0.2, -0.15) is 0 Å². The molecule has 0 aromatic rings. The minimum atomic E-state index is -1.29. The molecule has 0 bridgehead atoms. The van der Waals surface area contributed by atoms with Gasteiger partial charge in [0, 0.05) is 31.3 Å². The van der Waals surface area contributed by atoms with E-state index in [0.29, 0.717) is 17.6 Å². The van der Waals surface area contributed by atoms with Gasteiger partial charge in [-0.05, 0) is 50.2 Å². The number of carbonyl (C=O) groups excluding carboxylic acids is 4. The standard InChI is InChI=1S/C29H40O9/c1-10-13(2)26(34)37-22-14(3)11-29-25(36-18(7)31)15(4)12-28(29,38-29)24(33)16(5)23(35-17(6)30)20-19(21(22)32)27(20,8)9/h10-11,15-16,19-23,25,32H,12H2,1-9H3/b13-10+,14-11+/t15-,16-,19+,20-,21+,22+,23+,25-,28-,29-/m0/s1. The molecule has 4 rings (SSSR count). The van der Waals surface area contributed by atoms with Crippen molar-refractivity contribution in [1.29, 1.82) is 0 Å². The Balaban J connectivity index is 1.89. The lowest BCUT2D eigenvalue weighted by Gasteiger charge is -2.28. The number of ketones is 1. The maximum Gasteiger partial charge on any atom is 0.334 e. The highest BCUT2D eigenvalue weighted by molar-refractivity contribution is 5.96. The van der Waals surface area contributed by atoms with Gasteiger partial charge in [0.1, 0.15) is 18.3 Å². The second-order valence-electron chi connectivity index (χ2n) is 12.2. The lowest BCUT2D eigenvalue weighted by molar-refractivity contribution is -0.154. The van der Waals surface area contributed by atoms with Crippen LogP contribution in [0.5, 0.6) is 0 Å². The molecule has 1 N–H and O–H groups in total. The molecular weight excluding hydrogens is 492 g/mol. The van der Waals surface area contributed by atoms with Crippen LogP contribution in [0.3, 0.4) is 0 Å². The van der Waals surface area contributed by atoms with Crippen LogP contribution in [0.15, 0.2) is 23.3 Å². The number of epoxide rings is 1. The Hall–Kier alpha value is -2.52. The average Bonchev–Trinajstić information content (AvgIpc) is 3.62. The third-order valence-electron chi connectivity index (χ3n) is 9.29. The molecular formula is C29H40O9. The molecule has 0 radical (unpaired) electrons. The lowest BCUT2D eigenvalue weighted by atomic mass is 9.80. The second kappa shape index (κ2) is 9.30. The Morgan fingerprint density at radius 1 is 1.05 bits per heavy atom. The SMILES string of the molecule is C/C=C(\C)C(=O)O[C@@H]1/C(C)=C/[C@@]23O[C@@]2(C[C@H](C)[C@@H]3OC(C)=O)C(=O)[C@@H](C)[C@@H](OC(C)=O)[C@@H]2[C@H]([C@H]1O)C2(C)C. The summed E-state index contributed by atoms with van der Waals surface area (Å²) < 4.78 is 23.6. The lowest BCUT2D eigenvalue weighted by Crippen LogP contribution is -2.43. The Kier molecular flexibility index (Phi) is 6.97. The highest BCUT2D eigenvalue weighted by Gasteiger charge is 2.84. The number of carbonyl (C=O) groups is 4. The fourth-order valence-corrected chi connectivity index (χ4v) is 7.25. The highest BCUT2D eigenvalue weighted by Crippen LogP contribution is 2.68. The Labute approximate surface area is 223 Å². The largest absolute Gasteiger partial charge is 0.461 e. The van der Waals surface area contributed by atoms with E-state index in [0.717, 1.165) is 0 Å². The maximum atomic E-state index is 14.2. The van der Waals surface area contributed by atoms with E-state index in [1.807, 2.05) is 20.8 Å². The smallest absolute Gasteiger partial charge is 0.334 e. The first-order chi connectivity index (χ1) is 17.6. The average molecular weight is 533 g/mol. The van der Waals surface area contributed by atoms with Gasteiger partial charge in [-0.15, -0.1) is 0 Å². The van der Waals surface area contributed by atoms with Crippen LogP contribution < -0.4 is 0 Å². The monoisotopic (exact) mass is 532 g/mol. The summed E-state index contributed by atoms with van der Waals surface area (Å²) in [4.78, 5) is 51.3. The van der Waals surface area contributed by atoms with Crippen LogP contribution in [0.25, 0.3) is 0 Å². The number of Topliss-reactive ketones (excluding diaryl/α,β-unsaturated/α-hetero) is 1. The number of aliphatic hydroxyl groups excluding tert-OH is 1. The normalized spacial score (nSPS) is 44.7. The summed E-state index contributed by atoms with van der Waals surface area (Å²) in [5.74, 6) is -3.56. The summed E-state index contributed by atoms with van der Waals surface area (Å²) in [7, 11) is 0. The van der Waals surface area contributed by atoms with Crippen LogP contribution in [0.4, 0.5) is 0 Å². The zero-order chi connectivity index (χ0) is 28.5. The number of hydrogen-bond acceptors (Lipinski definition) is 9. The predicted molar refractivity (Wildman–Crippen MR) is 135 cm³/mol. The van der Waals surface area contributed by atoms with E-state index in [-0.39, 0.29) is 17.6 Å². The first kappa shape index (κ1) is 28.5. The molecule has 0 amide bonds. The quantitative estimate of drug-likeness (QED) is 0.191. The number of fused-ring (bicyclic) bond motifs is 1. The molecule has 10 atom stereocenters. The van der Waals surface area contributed by atoms with Crippen LogP contribution in [-0.4, -0.2) is 64.4 Å². The molecule has 1 heterocycles. The van der Waals surface area contributed by atoms with Crippen molar-refractivity contribution in [3.8, 4) is 0 Å². The van der Waals surface area contributed by atoms with Gasteiger partial charge < -0.3 is 24.1 Å². The molecule has 0 aromatic heterocycles. The first-order valence-corrected chi connectivity index (χ1v) is 13.4. The van der Waals surface area contributed by atoms with Gasteiger partial charge in [0.15, 0.2) is 17.0 Å². The molecule has 9 nitrogen and oxygen atoms in total. The summed E-state index contributed by atoms with van der Waals surface area (Å²) in [5.41, 5.74) is -2.19. The van der Waals surface area contributed by atoms with Gasteiger partial charge in [0.25, 0.3) is 0 Å². The van der Waals surface area contributed by atoms with Gasteiger partial charge in [-0.25, -0.2) is 4.79 Å².